The number of benzene rings is 1. The topological polar surface area (TPSA) is 36.8 Å². The van der Waals surface area contributed by atoms with E-state index in [1.165, 1.54) is 0 Å². The minimum Gasteiger partial charge on any atom is -0.366 e. The van der Waals surface area contributed by atoms with Gasteiger partial charge in [0, 0.05) is 27.3 Å². The minimum absolute atomic E-state index is 0.833. The highest BCUT2D eigenvalue weighted by Gasteiger charge is 2.13. The summed E-state index contributed by atoms with van der Waals surface area (Å²) >= 11 is 8.61. The van der Waals surface area contributed by atoms with E-state index >= 15 is 0 Å². The Kier molecular flexibility index (Phi) is 4.05. The van der Waals surface area contributed by atoms with E-state index in [0.29, 0.717) is 0 Å². The zero-order valence-corrected chi connectivity index (χ0v) is 12.5. The first-order valence-electron chi connectivity index (χ1n) is 4.61. The summed E-state index contributed by atoms with van der Waals surface area (Å²) in [5.41, 5.74) is 2.08. The maximum absolute atomic E-state index is 4.22. The quantitative estimate of drug-likeness (QED) is 0.832. The van der Waals surface area contributed by atoms with Crippen molar-refractivity contribution in [3.63, 3.8) is 0 Å². The Morgan fingerprint density at radius 3 is 2.69 bits per heavy atom. The molecule has 1 heterocycles. The molecule has 16 heavy (non-hydrogen) atoms. The molecule has 1 aliphatic heterocycles. The van der Waals surface area contributed by atoms with Crippen LogP contribution in [-0.4, -0.2) is 23.7 Å². The number of hydrogen-bond donors (Lipinski definition) is 1. The predicted octanol–water partition coefficient (Wildman–Crippen LogP) is 3.24. The van der Waals surface area contributed by atoms with Crippen LogP contribution in [0.15, 0.2) is 37.3 Å². The van der Waals surface area contributed by atoms with Crippen LogP contribution in [0.3, 0.4) is 0 Å². The number of amidine groups is 1. The highest BCUT2D eigenvalue weighted by atomic mass is 79.9. The minimum atomic E-state index is 0.833. The van der Waals surface area contributed by atoms with Crippen molar-refractivity contribution in [1.29, 1.82) is 0 Å². The smallest absolute Gasteiger partial charge is 0.183 e. The van der Waals surface area contributed by atoms with Crippen molar-refractivity contribution >= 4 is 54.5 Å². The van der Waals surface area contributed by atoms with Crippen molar-refractivity contribution in [3.05, 3.63) is 32.7 Å². The van der Waals surface area contributed by atoms with E-state index in [0.717, 1.165) is 31.1 Å². The molecule has 1 N–H and O–H groups in total. The van der Waals surface area contributed by atoms with Crippen LogP contribution < -0.4 is 5.32 Å². The zero-order valence-electron chi connectivity index (χ0n) is 8.50. The van der Waals surface area contributed by atoms with Gasteiger partial charge in [0.1, 0.15) is 0 Å². The van der Waals surface area contributed by atoms with Gasteiger partial charge < -0.3 is 5.32 Å². The standard InChI is InChI=1S/C10H9Br2N3S/c1-13-10-15-14-9(5-16-10)7-3-2-6(11)4-8(7)12/h2-4H,5H2,1H3,(H,13,15). The van der Waals surface area contributed by atoms with Gasteiger partial charge in [-0.25, -0.2) is 0 Å². The second-order valence-electron chi connectivity index (χ2n) is 3.11. The summed E-state index contributed by atoms with van der Waals surface area (Å²) < 4.78 is 2.08. The molecule has 0 aromatic heterocycles. The molecule has 84 valence electrons. The van der Waals surface area contributed by atoms with Gasteiger partial charge in [0.2, 0.25) is 0 Å². The third-order valence-electron chi connectivity index (χ3n) is 2.06. The van der Waals surface area contributed by atoms with Crippen LogP contribution in [0.2, 0.25) is 0 Å². The van der Waals surface area contributed by atoms with Gasteiger partial charge >= 0.3 is 0 Å². The normalized spacial score (nSPS) is 15.4. The molecular formula is C10H9Br2N3S. The predicted molar refractivity (Wildman–Crippen MR) is 77.3 cm³/mol. The fraction of sp³-hybridized carbons (Fsp3) is 0.200. The van der Waals surface area contributed by atoms with Crippen molar-refractivity contribution < 1.29 is 0 Å². The molecule has 1 aromatic carbocycles. The third kappa shape index (κ3) is 2.67. The molecule has 6 heteroatoms. The largest absolute Gasteiger partial charge is 0.366 e. The van der Waals surface area contributed by atoms with Gasteiger partial charge in [0.05, 0.1) is 5.71 Å². The van der Waals surface area contributed by atoms with E-state index < -0.39 is 0 Å². The van der Waals surface area contributed by atoms with Gasteiger partial charge in [0.15, 0.2) is 5.17 Å². The van der Waals surface area contributed by atoms with Crippen LogP contribution in [0.25, 0.3) is 0 Å². The lowest BCUT2D eigenvalue weighted by atomic mass is 10.1. The fourth-order valence-electron chi connectivity index (χ4n) is 1.28. The molecule has 0 aliphatic carbocycles. The Bertz CT molecular complexity index is 471. The molecule has 0 bridgehead atoms. The number of halogens is 2. The number of thioether (sulfide) groups is 1. The van der Waals surface area contributed by atoms with Crippen LogP contribution in [0, 0.1) is 0 Å². The molecule has 0 spiro atoms. The first kappa shape index (κ1) is 12.1. The highest BCUT2D eigenvalue weighted by molar-refractivity contribution is 9.11. The summed E-state index contributed by atoms with van der Waals surface area (Å²) in [5, 5.41) is 12.2. The van der Waals surface area contributed by atoms with Crippen molar-refractivity contribution in [1.82, 2.24) is 5.32 Å². The van der Waals surface area contributed by atoms with Crippen LogP contribution in [0.4, 0.5) is 0 Å². The van der Waals surface area contributed by atoms with Crippen LogP contribution in [0.1, 0.15) is 5.56 Å². The average Bonchev–Trinajstić information content (AvgIpc) is 2.29. The molecule has 0 fully saturated rings. The summed E-state index contributed by atoms with van der Waals surface area (Å²) in [7, 11) is 1.85. The van der Waals surface area contributed by atoms with E-state index in [9.17, 15) is 0 Å². The van der Waals surface area contributed by atoms with Gasteiger partial charge in [-0.3, -0.25) is 0 Å². The van der Waals surface area contributed by atoms with E-state index in [4.69, 9.17) is 0 Å². The molecule has 0 saturated carbocycles. The summed E-state index contributed by atoms with van der Waals surface area (Å²) in [5.74, 6) is 0.833. The molecule has 0 radical (unpaired) electrons. The molecule has 0 saturated heterocycles. The van der Waals surface area contributed by atoms with E-state index in [-0.39, 0.29) is 0 Å². The van der Waals surface area contributed by atoms with E-state index in [2.05, 4.69) is 47.4 Å². The Morgan fingerprint density at radius 2 is 2.12 bits per heavy atom. The Labute approximate surface area is 115 Å². The Morgan fingerprint density at radius 1 is 1.31 bits per heavy atom. The molecule has 0 amide bonds. The van der Waals surface area contributed by atoms with Gasteiger partial charge in [-0.1, -0.05) is 49.7 Å². The summed E-state index contributed by atoms with van der Waals surface area (Å²) in [6, 6.07) is 6.05. The lowest BCUT2D eigenvalue weighted by Gasteiger charge is -2.12. The first-order chi connectivity index (χ1) is 7.70. The lowest BCUT2D eigenvalue weighted by molar-refractivity contribution is 1.13. The fourth-order valence-corrected chi connectivity index (χ4v) is 3.28. The zero-order chi connectivity index (χ0) is 11.5. The summed E-state index contributed by atoms with van der Waals surface area (Å²) in [6.07, 6.45) is 0. The SMILES string of the molecule is CNC1=NN=C(c2ccc(Br)cc2Br)CS1. The second kappa shape index (κ2) is 5.33. The maximum Gasteiger partial charge on any atom is 0.183 e. The van der Waals surface area contributed by atoms with Gasteiger partial charge in [0.25, 0.3) is 0 Å². The number of hydrogen-bond acceptors (Lipinski definition) is 4. The first-order valence-corrected chi connectivity index (χ1v) is 7.18. The molecular weight excluding hydrogens is 354 g/mol. The van der Waals surface area contributed by atoms with E-state index in [1.54, 1.807) is 11.8 Å². The Balaban J connectivity index is 2.32. The second-order valence-corrected chi connectivity index (χ2v) is 5.85. The van der Waals surface area contributed by atoms with Crippen LogP contribution in [-0.2, 0) is 0 Å². The Hall–Kier alpha value is -0.330. The van der Waals surface area contributed by atoms with Gasteiger partial charge in [-0.2, -0.15) is 5.10 Å². The molecule has 3 nitrogen and oxygen atoms in total. The van der Waals surface area contributed by atoms with Crippen LogP contribution >= 0.6 is 43.6 Å². The van der Waals surface area contributed by atoms with Gasteiger partial charge in [-0.15, -0.1) is 5.10 Å². The number of nitrogens with zero attached hydrogens (tertiary/aromatic N) is 2. The number of rotatable bonds is 1. The van der Waals surface area contributed by atoms with Crippen molar-refractivity contribution in [2.24, 2.45) is 10.2 Å². The van der Waals surface area contributed by atoms with Gasteiger partial charge in [-0.05, 0) is 12.1 Å². The lowest BCUT2D eigenvalue weighted by Crippen LogP contribution is -2.20. The molecule has 2 rings (SSSR count). The molecule has 0 atom stereocenters. The monoisotopic (exact) mass is 361 g/mol. The van der Waals surface area contributed by atoms with E-state index in [1.807, 2.05) is 25.2 Å². The third-order valence-corrected chi connectivity index (χ3v) is 4.19. The van der Waals surface area contributed by atoms with Crippen molar-refractivity contribution in [2.45, 2.75) is 0 Å². The summed E-state index contributed by atoms with van der Waals surface area (Å²) in [4.78, 5) is 0. The average molecular weight is 363 g/mol. The summed E-state index contributed by atoms with van der Waals surface area (Å²) in [6.45, 7) is 0. The molecule has 1 aliphatic rings. The van der Waals surface area contributed by atoms with Crippen molar-refractivity contribution in [2.75, 3.05) is 12.8 Å². The molecule has 1 aromatic rings. The van der Waals surface area contributed by atoms with Crippen LogP contribution in [0.5, 0.6) is 0 Å². The highest BCUT2D eigenvalue weighted by Crippen LogP contribution is 2.25. The number of nitrogens with one attached hydrogen (secondary N) is 1. The molecule has 0 unspecified atom stereocenters. The maximum atomic E-state index is 4.22. The van der Waals surface area contributed by atoms with Crippen molar-refractivity contribution in [3.8, 4) is 0 Å².